The third-order valence-electron chi connectivity index (χ3n) is 2.93. The Morgan fingerprint density at radius 2 is 1.81 bits per heavy atom. The van der Waals surface area contributed by atoms with Crippen molar-refractivity contribution in [2.75, 3.05) is 11.9 Å². The second-order valence-corrected chi connectivity index (χ2v) is 5.41. The van der Waals surface area contributed by atoms with Crippen molar-refractivity contribution in [1.82, 2.24) is 0 Å². The molecule has 0 unspecified atom stereocenters. The first-order chi connectivity index (χ1) is 10.1. The summed E-state index contributed by atoms with van der Waals surface area (Å²) in [6.07, 6.45) is 0.963. The van der Waals surface area contributed by atoms with Crippen molar-refractivity contribution in [3.63, 3.8) is 0 Å². The zero-order valence-electron chi connectivity index (χ0n) is 11.7. The molecule has 0 aromatic heterocycles. The van der Waals surface area contributed by atoms with Crippen LogP contribution in [0, 0.1) is 0 Å². The van der Waals surface area contributed by atoms with E-state index < -0.39 is 0 Å². The maximum Gasteiger partial charge on any atom is 0.152 e. The number of rotatable bonds is 6. The van der Waals surface area contributed by atoms with Gasteiger partial charge in [-0.1, -0.05) is 48.3 Å². The van der Waals surface area contributed by atoms with E-state index in [0.717, 1.165) is 23.4 Å². The van der Waals surface area contributed by atoms with Gasteiger partial charge in [-0.15, -0.1) is 0 Å². The van der Waals surface area contributed by atoms with Crippen LogP contribution in [0.15, 0.2) is 36.4 Å². The fourth-order valence-electron chi connectivity index (χ4n) is 1.87. The van der Waals surface area contributed by atoms with Crippen molar-refractivity contribution in [3.8, 4) is 11.5 Å². The van der Waals surface area contributed by atoms with Crippen LogP contribution in [0.25, 0.3) is 0 Å². The van der Waals surface area contributed by atoms with Gasteiger partial charge in [-0.05, 0) is 24.6 Å². The first-order valence-corrected chi connectivity index (χ1v) is 7.50. The fourth-order valence-corrected chi connectivity index (χ4v) is 2.35. The lowest BCUT2D eigenvalue weighted by atomic mass is 10.2. The highest BCUT2D eigenvalue weighted by atomic mass is 35.5. The first kappa shape index (κ1) is 15.8. The summed E-state index contributed by atoms with van der Waals surface area (Å²) in [6.45, 7) is 3.34. The summed E-state index contributed by atoms with van der Waals surface area (Å²) in [4.78, 5) is 0. The summed E-state index contributed by atoms with van der Waals surface area (Å²) >= 11 is 11.8. The lowest BCUT2D eigenvalue weighted by molar-refractivity contribution is 0.314. The average molecular weight is 326 g/mol. The average Bonchev–Trinajstić information content (AvgIpc) is 2.49. The van der Waals surface area contributed by atoms with E-state index in [9.17, 15) is 5.11 Å². The Morgan fingerprint density at radius 1 is 1.14 bits per heavy atom. The van der Waals surface area contributed by atoms with E-state index in [1.54, 1.807) is 12.1 Å². The molecule has 2 aromatic rings. The lowest BCUT2D eigenvalue weighted by Gasteiger charge is -2.13. The van der Waals surface area contributed by atoms with Gasteiger partial charge in [0.05, 0.1) is 16.7 Å². The Morgan fingerprint density at radius 3 is 2.48 bits per heavy atom. The number of halogens is 2. The topological polar surface area (TPSA) is 41.5 Å². The SMILES string of the molecule is CCCOc1ccccc1CNc1cc(Cl)c(O)c(Cl)c1. The summed E-state index contributed by atoms with van der Waals surface area (Å²) in [6, 6.07) is 11.1. The molecule has 0 spiro atoms. The molecular formula is C16H17Cl2NO2. The zero-order valence-corrected chi connectivity index (χ0v) is 13.2. The highest BCUT2D eigenvalue weighted by Crippen LogP contribution is 2.34. The van der Waals surface area contributed by atoms with Crippen LogP contribution in [-0.2, 0) is 6.54 Å². The molecule has 0 amide bonds. The molecule has 0 aliphatic heterocycles. The number of hydrogen-bond donors (Lipinski definition) is 2. The largest absolute Gasteiger partial charge is 0.505 e. The van der Waals surface area contributed by atoms with E-state index in [2.05, 4.69) is 12.2 Å². The van der Waals surface area contributed by atoms with Crippen molar-refractivity contribution in [2.24, 2.45) is 0 Å². The Balaban J connectivity index is 2.09. The van der Waals surface area contributed by atoms with Gasteiger partial charge in [-0.2, -0.15) is 0 Å². The standard InChI is InChI=1S/C16H17Cl2NO2/c1-2-7-21-15-6-4-3-5-11(15)10-19-12-8-13(17)16(20)14(18)9-12/h3-6,8-9,19-20H,2,7,10H2,1H3. The molecule has 5 heteroatoms. The molecule has 0 fully saturated rings. The van der Waals surface area contributed by atoms with Crippen molar-refractivity contribution in [1.29, 1.82) is 0 Å². The molecule has 2 aromatic carbocycles. The second kappa shape index (κ2) is 7.43. The highest BCUT2D eigenvalue weighted by molar-refractivity contribution is 6.37. The van der Waals surface area contributed by atoms with Gasteiger partial charge in [-0.3, -0.25) is 0 Å². The van der Waals surface area contributed by atoms with Crippen LogP contribution < -0.4 is 10.1 Å². The predicted molar refractivity (Wildman–Crippen MR) is 87.7 cm³/mol. The number of nitrogens with one attached hydrogen (secondary N) is 1. The van der Waals surface area contributed by atoms with E-state index in [4.69, 9.17) is 27.9 Å². The Labute approximate surface area is 134 Å². The molecule has 21 heavy (non-hydrogen) atoms. The minimum Gasteiger partial charge on any atom is -0.505 e. The zero-order chi connectivity index (χ0) is 15.2. The van der Waals surface area contributed by atoms with Gasteiger partial charge in [0.2, 0.25) is 0 Å². The van der Waals surface area contributed by atoms with E-state index in [1.807, 2.05) is 24.3 Å². The van der Waals surface area contributed by atoms with Crippen LogP contribution >= 0.6 is 23.2 Å². The van der Waals surface area contributed by atoms with Crippen LogP contribution in [-0.4, -0.2) is 11.7 Å². The molecule has 2 rings (SSSR count). The lowest BCUT2D eigenvalue weighted by Crippen LogP contribution is -2.04. The van der Waals surface area contributed by atoms with Gasteiger partial charge >= 0.3 is 0 Å². The quantitative estimate of drug-likeness (QED) is 0.726. The molecule has 0 atom stereocenters. The van der Waals surface area contributed by atoms with Crippen LogP contribution in [0.4, 0.5) is 5.69 Å². The van der Waals surface area contributed by atoms with Crippen molar-refractivity contribution < 1.29 is 9.84 Å². The molecule has 2 N–H and O–H groups in total. The molecule has 0 saturated heterocycles. The number of anilines is 1. The number of phenols is 1. The van der Waals surface area contributed by atoms with Crippen LogP contribution in [0.3, 0.4) is 0 Å². The van der Waals surface area contributed by atoms with Gasteiger partial charge in [0, 0.05) is 17.8 Å². The maximum atomic E-state index is 9.55. The number of benzene rings is 2. The molecule has 0 aliphatic rings. The highest BCUT2D eigenvalue weighted by Gasteiger charge is 2.07. The van der Waals surface area contributed by atoms with Gasteiger partial charge < -0.3 is 15.2 Å². The van der Waals surface area contributed by atoms with Crippen LogP contribution in [0.1, 0.15) is 18.9 Å². The molecule has 0 bridgehead atoms. The Kier molecular flexibility index (Phi) is 5.59. The normalized spacial score (nSPS) is 10.4. The molecular weight excluding hydrogens is 309 g/mol. The maximum absolute atomic E-state index is 9.55. The number of para-hydroxylation sites is 1. The summed E-state index contributed by atoms with van der Waals surface area (Å²) in [5, 5.41) is 13.2. The third-order valence-corrected chi connectivity index (χ3v) is 3.51. The number of hydrogen-bond acceptors (Lipinski definition) is 3. The Bertz CT molecular complexity index is 594. The monoisotopic (exact) mass is 325 g/mol. The summed E-state index contributed by atoms with van der Waals surface area (Å²) < 4.78 is 5.71. The number of aromatic hydroxyl groups is 1. The van der Waals surface area contributed by atoms with Gasteiger partial charge in [0.15, 0.2) is 5.75 Å². The van der Waals surface area contributed by atoms with Crippen molar-refractivity contribution >= 4 is 28.9 Å². The number of phenolic OH excluding ortho intramolecular Hbond substituents is 1. The number of ether oxygens (including phenoxy) is 1. The summed E-state index contributed by atoms with van der Waals surface area (Å²) in [5.41, 5.74) is 1.79. The van der Waals surface area contributed by atoms with E-state index >= 15 is 0 Å². The minimum absolute atomic E-state index is 0.101. The first-order valence-electron chi connectivity index (χ1n) is 6.74. The molecule has 3 nitrogen and oxygen atoms in total. The molecule has 0 heterocycles. The smallest absolute Gasteiger partial charge is 0.152 e. The second-order valence-electron chi connectivity index (χ2n) is 4.60. The molecule has 0 aliphatic carbocycles. The molecule has 112 valence electrons. The Hall–Kier alpha value is -1.58. The van der Waals surface area contributed by atoms with Crippen molar-refractivity contribution in [2.45, 2.75) is 19.9 Å². The predicted octanol–water partition coefficient (Wildman–Crippen LogP) is 5.10. The fraction of sp³-hybridized carbons (Fsp3) is 0.250. The van der Waals surface area contributed by atoms with E-state index in [0.29, 0.717) is 13.2 Å². The van der Waals surface area contributed by atoms with Crippen LogP contribution in [0.5, 0.6) is 11.5 Å². The molecule has 0 radical (unpaired) electrons. The molecule has 0 saturated carbocycles. The van der Waals surface area contributed by atoms with E-state index in [1.165, 1.54) is 0 Å². The van der Waals surface area contributed by atoms with Gasteiger partial charge in [0.1, 0.15) is 5.75 Å². The van der Waals surface area contributed by atoms with Crippen LogP contribution in [0.2, 0.25) is 10.0 Å². The minimum atomic E-state index is -0.101. The summed E-state index contributed by atoms with van der Waals surface area (Å²) in [5.74, 6) is 0.762. The van der Waals surface area contributed by atoms with Gasteiger partial charge in [0.25, 0.3) is 0 Å². The van der Waals surface area contributed by atoms with Gasteiger partial charge in [-0.25, -0.2) is 0 Å². The third kappa shape index (κ3) is 4.19. The van der Waals surface area contributed by atoms with E-state index in [-0.39, 0.29) is 15.8 Å². The summed E-state index contributed by atoms with van der Waals surface area (Å²) in [7, 11) is 0. The van der Waals surface area contributed by atoms with Crippen molar-refractivity contribution in [3.05, 3.63) is 52.0 Å².